The van der Waals surface area contributed by atoms with Gasteiger partial charge in [-0.05, 0) is 30.7 Å². The highest BCUT2D eigenvalue weighted by Gasteiger charge is 2.33. The summed E-state index contributed by atoms with van der Waals surface area (Å²) in [6, 6.07) is 14.4. The van der Waals surface area contributed by atoms with Gasteiger partial charge in [0.1, 0.15) is 11.9 Å². The number of amides is 1. The van der Waals surface area contributed by atoms with Crippen LogP contribution in [-0.4, -0.2) is 20.4 Å². The van der Waals surface area contributed by atoms with Crippen molar-refractivity contribution in [1.82, 2.24) is 19.9 Å². The summed E-state index contributed by atoms with van der Waals surface area (Å²) in [5.41, 5.74) is 2.62. The van der Waals surface area contributed by atoms with Gasteiger partial charge in [-0.25, -0.2) is 4.98 Å². The first-order valence-corrected chi connectivity index (χ1v) is 9.00. The molecule has 1 amide bonds. The molecule has 0 unspecified atom stereocenters. The molecule has 6 heteroatoms. The highest BCUT2D eigenvalue weighted by atomic mass is 16.2. The maximum absolute atomic E-state index is 13.0. The van der Waals surface area contributed by atoms with Crippen molar-refractivity contribution >= 4 is 27.7 Å². The van der Waals surface area contributed by atoms with Crippen molar-refractivity contribution in [2.45, 2.75) is 25.4 Å². The number of aromatic nitrogens is 3. The maximum atomic E-state index is 13.0. The van der Waals surface area contributed by atoms with E-state index in [0.29, 0.717) is 23.1 Å². The number of hydrogen-bond donors (Lipinski definition) is 2. The Balaban J connectivity index is 1.68. The summed E-state index contributed by atoms with van der Waals surface area (Å²) in [6.07, 6.45) is 2.52. The zero-order valence-corrected chi connectivity index (χ0v) is 14.8. The number of hydrogen-bond acceptors (Lipinski definition) is 3. The molecule has 1 aliphatic rings. The third-order valence-electron chi connectivity index (χ3n) is 5.33. The molecule has 6 nitrogen and oxygen atoms in total. The number of aromatic amines is 1. The van der Waals surface area contributed by atoms with E-state index in [1.165, 1.54) is 0 Å². The van der Waals surface area contributed by atoms with E-state index in [1.807, 2.05) is 42.6 Å². The highest BCUT2D eigenvalue weighted by molar-refractivity contribution is 5.85. The minimum Gasteiger partial charge on any atom is -0.361 e. The Morgan fingerprint density at radius 1 is 1.04 bits per heavy atom. The highest BCUT2D eigenvalue weighted by Crippen LogP contribution is 2.28. The van der Waals surface area contributed by atoms with Gasteiger partial charge in [0.15, 0.2) is 0 Å². The fraction of sp³-hybridized carbons (Fsp3) is 0.190. The van der Waals surface area contributed by atoms with Crippen LogP contribution in [0.1, 0.15) is 30.4 Å². The molecule has 0 saturated carbocycles. The second-order valence-electron chi connectivity index (χ2n) is 6.96. The summed E-state index contributed by atoms with van der Waals surface area (Å²) in [7, 11) is 0. The first kappa shape index (κ1) is 15.8. The fourth-order valence-electron chi connectivity index (χ4n) is 3.92. The molecule has 3 heterocycles. The first-order chi connectivity index (χ1) is 13.1. The summed E-state index contributed by atoms with van der Waals surface area (Å²) in [6.45, 7) is 1.73. The summed E-state index contributed by atoms with van der Waals surface area (Å²) >= 11 is 0. The Hall–Kier alpha value is -3.41. The molecule has 0 fully saturated rings. The molecule has 0 radical (unpaired) electrons. The van der Waals surface area contributed by atoms with Crippen LogP contribution in [0.3, 0.4) is 0 Å². The topological polar surface area (TPSA) is 79.8 Å². The maximum Gasteiger partial charge on any atom is 0.262 e. The van der Waals surface area contributed by atoms with Gasteiger partial charge in [0.05, 0.1) is 16.9 Å². The van der Waals surface area contributed by atoms with E-state index in [-0.39, 0.29) is 17.5 Å². The van der Waals surface area contributed by atoms with Crippen LogP contribution in [0.5, 0.6) is 0 Å². The van der Waals surface area contributed by atoms with Gasteiger partial charge < -0.3 is 10.3 Å². The van der Waals surface area contributed by atoms with Gasteiger partial charge in [-0.15, -0.1) is 0 Å². The molecular formula is C21H18N4O2. The molecule has 2 N–H and O–H groups in total. The Labute approximate surface area is 154 Å². The van der Waals surface area contributed by atoms with Crippen LogP contribution in [-0.2, 0) is 11.2 Å². The minimum atomic E-state index is -0.580. The van der Waals surface area contributed by atoms with Crippen LogP contribution in [0.2, 0.25) is 0 Å². The molecule has 2 atom stereocenters. The van der Waals surface area contributed by atoms with Gasteiger partial charge >= 0.3 is 0 Å². The number of H-pyrrole nitrogens is 1. The normalized spacial score (nSPS) is 19.2. The lowest BCUT2D eigenvalue weighted by Crippen LogP contribution is -2.47. The molecular weight excluding hydrogens is 340 g/mol. The van der Waals surface area contributed by atoms with E-state index in [9.17, 15) is 9.59 Å². The standard InChI is InChI=1S/C21H18N4O2/c1-12-20(26)24-18(10-13-11-22-16-8-4-2-6-14(13)16)19-23-17-9-5-3-7-15(17)21(27)25(12)19/h2-9,11-12,18,22H,10H2,1H3,(H,24,26)/t12-,18-/m0/s1. The largest absolute Gasteiger partial charge is 0.361 e. The molecule has 5 rings (SSSR count). The number of carbonyl (C=O) groups excluding carboxylic acids is 1. The van der Waals surface area contributed by atoms with Crippen LogP contribution in [0.15, 0.2) is 59.5 Å². The molecule has 4 aromatic rings. The van der Waals surface area contributed by atoms with E-state index >= 15 is 0 Å². The predicted molar refractivity (Wildman–Crippen MR) is 104 cm³/mol. The Morgan fingerprint density at radius 3 is 2.63 bits per heavy atom. The number of carbonyl (C=O) groups is 1. The first-order valence-electron chi connectivity index (χ1n) is 9.00. The predicted octanol–water partition coefficient (Wildman–Crippen LogP) is 2.85. The van der Waals surface area contributed by atoms with Gasteiger partial charge in [-0.2, -0.15) is 0 Å². The zero-order chi connectivity index (χ0) is 18.5. The molecule has 0 spiro atoms. The number of nitrogens with zero attached hydrogens (tertiary/aromatic N) is 2. The third kappa shape index (κ3) is 2.37. The lowest BCUT2D eigenvalue weighted by molar-refractivity contribution is -0.126. The SMILES string of the molecule is C[C@H]1C(=O)N[C@@H](Cc2c[nH]c3ccccc23)c2nc3ccccc3c(=O)n21. The summed E-state index contributed by atoms with van der Waals surface area (Å²) in [5, 5.41) is 4.69. The van der Waals surface area contributed by atoms with E-state index < -0.39 is 6.04 Å². The second-order valence-corrected chi connectivity index (χ2v) is 6.96. The van der Waals surface area contributed by atoms with Crippen LogP contribution >= 0.6 is 0 Å². The molecule has 2 aromatic carbocycles. The molecule has 0 saturated heterocycles. The average Bonchev–Trinajstić information content (AvgIpc) is 3.09. The number of para-hydroxylation sites is 2. The van der Waals surface area contributed by atoms with Gasteiger partial charge in [-0.3, -0.25) is 14.2 Å². The number of fused-ring (bicyclic) bond motifs is 3. The summed E-state index contributed by atoms with van der Waals surface area (Å²) in [4.78, 5) is 33.6. The third-order valence-corrected chi connectivity index (χ3v) is 5.33. The van der Waals surface area contributed by atoms with Crippen LogP contribution in [0, 0.1) is 0 Å². The van der Waals surface area contributed by atoms with Crippen molar-refractivity contribution in [3.63, 3.8) is 0 Å². The van der Waals surface area contributed by atoms with Crippen molar-refractivity contribution in [3.05, 3.63) is 76.5 Å². The van der Waals surface area contributed by atoms with E-state index in [2.05, 4.69) is 16.4 Å². The smallest absolute Gasteiger partial charge is 0.262 e. The number of benzene rings is 2. The Morgan fingerprint density at radius 2 is 1.78 bits per heavy atom. The van der Waals surface area contributed by atoms with E-state index in [4.69, 9.17) is 4.98 Å². The van der Waals surface area contributed by atoms with Crippen molar-refractivity contribution < 1.29 is 4.79 Å². The quantitative estimate of drug-likeness (QED) is 0.578. The van der Waals surface area contributed by atoms with Crippen LogP contribution in [0.4, 0.5) is 0 Å². The molecule has 2 aromatic heterocycles. The van der Waals surface area contributed by atoms with Crippen molar-refractivity contribution in [1.29, 1.82) is 0 Å². The average molecular weight is 358 g/mol. The monoisotopic (exact) mass is 358 g/mol. The molecule has 134 valence electrons. The van der Waals surface area contributed by atoms with Gasteiger partial charge in [0.2, 0.25) is 5.91 Å². The number of nitrogens with one attached hydrogen (secondary N) is 2. The van der Waals surface area contributed by atoms with Crippen LogP contribution in [0.25, 0.3) is 21.8 Å². The summed E-state index contributed by atoms with van der Waals surface area (Å²) < 4.78 is 1.54. The molecule has 1 aliphatic heterocycles. The van der Waals surface area contributed by atoms with Gasteiger partial charge in [0, 0.05) is 23.5 Å². The molecule has 0 aliphatic carbocycles. The number of rotatable bonds is 2. The molecule has 0 bridgehead atoms. The Kier molecular flexibility index (Phi) is 3.40. The Bertz CT molecular complexity index is 1250. The minimum absolute atomic E-state index is 0.161. The lowest BCUT2D eigenvalue weighted by Gasteiger charge is -2.31. The van der Waals surface area contributed by atoms with Gasteiger partial charge in [-0.1, -0.05) is 30.3 Å². The second kappa shape index (κ2) is 5.81. The van der Waals surface area contributed by atoms with Gasteiger partial charge in [0.25, 0.3) is 5.56 Å². The fourth-order valence-corrected chi connectivity index (χ4v) is 3.92. The van der Waals surface area contributed by atoms with E-state index in [0.717, 1.165) is 16.5 Å². The molecule has 27 heavy (non-hydrogen) atoms. The van der Waals surface area contributed by atoms with Crippen molar-refractivity contribution in [2.75, 3.05) is 0 Å². The van der Waals surface area contributed by atoms with Crippen molar-refractivity contribution in [3.8, 4) is 0 Å². The van der Waals surface area contributed by atoms with E-state index in [1.54, 1.807) is 17.6 Å². The summed E-state index contributed by atoms with van der Waals surface area (Å²) in [5.74, 6) is 0.447. The van der Waals surface area contributed by atoms with Crippen LogP contribution < -0.4 is 10.9 Å². The zero-order valence-electron chi connectivity index (χ0n) is 14.8. The lowest BCUT2D eigenvalue weighted by atomic mass is 10.0. The van der Waals surface area contributed by atoms with Crippen molar-refractivity contribution in [2.24, 2.45) is 0 Å².